The van der Waals surface area contributed by atoms with E-state index in [0.29, 0.717) is 12.1 Å². The highest BCUT2D eigenvalue weighted by molar-refractivity contribution is 6.33. The van der Waals surface area contributed by atoms with Crippen LogP contribution in [0, 0.1) is 5.41 Å². The molecule has 2 N–H and O–H groups in total. The number of aromatic nitrogens is 2. The van der Waals surface area contributed by atoms with E-state index in [4.69, 9.17) is 23.2 Å². The van der Waals surface area contributed by atoms with Crippen molar-refractivity contribution in [2.24, 2.45) is 5.41 Å². The molecule has 1 fully saturated rings. The Morgan fingerprint density at radius 2 is 2.28 bits per heavy atom. The van der Waals surface area contributed by atoms with Gasteiger partial charge in [-0.2, -0.15) is 0 Å². The Labute approximate surface area is 115 Å². The van der Waals surface area contributed by atoms with Crippen molar-refractivity contribution < 1.29 is 9.90 Å². The zero-order valence-corrected chi connectivity index (χ0v) is 11.3. The number of anilines is 1. The Morgan fingerprint density at radius 3 is 2.94 bits per heavy atom. The summed E-state index contributed by atoms with van der Waals surface area (Å²) in [5.41, 5.74) is -0.268. The summed E-state index contributed by atoms with van der Waals surface area (Å²) in [5, 5.41) is 20.2. The van der Waals surface area contributed by atoms with Crippen LogP contribution in [-0.4, -0.2) is 27.3 Å². The first-order chi connectivity index (χ1) is 8.43. The molecule has 1 aromatic heterocycles. The molecule has 2 rings (SSSR count). The van der Waals surface area contributed by atoms with Crippen LogP contribution in [0.3, 0.4) is 0 Å². The first kappa shape index (κ1) is 13.4. The maximum absolute atomic E-state index is 11.3. The van der Waals surface area contributed by atoms with Gasteiger partial charge in [-0.3, -0.25) is 4.79 Å². The maximum Gasteiger partial charge on any atom is 0.311 e. The topological polar surface area (TPSA) is 75.1 Å². The van der Waals surface area contributed by atoms with Crippen molar-refractivity contribution in [2.45, 2.75) is 32.2 Å². The molecule has 5 nitrogen and oxygen atoms in total. The first-order valence-electron chi connectivity index (χ1n) is 5.62. The quantitative estimate of drug-likeness (QED) is 0.895. The van der Waals surface area contributed by atoms with Crippen LogP contribution in [-0.2, 0) is 4.79 Å². The Balaban J connectivity index is 2.23. The molecule has 0 spiro atoms. The van der Waals surface area contributed by atoms with Gasteiger partial charge in [0.1, 0.15) is 0 Å². The third kappa shape index (κ3) is 2.37. The average molecular weight is 290 g/mol. The van der Waals surface area contributed by atoms with E-state index in [9.17, 15) is 9.90 Å². The third-order valence-corrected chi connectivity index (χ3v) is 3.96. The predicted molar refractivity (Wildman–Crippen MR) is 69.1 cm³/mol. The number of nitrogens with zero attached hydrogens (tertiary/aromatic N) is 2. The van der Waals surface area contributed by atoms with Gasteiger partial charge >= 0.3 is 5.97 Å². The summed E-state index contributed by atoms with van der Waals surface area (Å²) in [6, 6.07) is 1.37. The lowest BCUT2D eigenvalue weighted by atomic mass is 9.85. The molecule has 0 aliphatic heterocycles. The lowest BCUT2D eigenvalue weighted by Crippen LogP contribution is -2.40. The molecule has 0 aromatic carbocycles. The molecule has 0 amide bonds. The lowest BCUT2D eigenvalue weighted by molar-refractivity contribution is -0.147. The minimum absolute atomic E-state index is 0.187. The van der Waals surface area contributed by atoms with Gasteiger partial charge in [0, 0.05) is 12.1 Å². The Kier molecular flexibility index (Phi) is 3.64. The number of rotatable bonds is 3. The van der Waals surface area contributed by atoms with Gasteiger partial charge in [0.2, 0.25) is 0 Å². The molecule has 0 saturated heterocycles. The molecule has 1 aromatic rings. The van der Waals surface area contributed by atoms with E-state index in [1.54, 1.807) is 13.0 Å². The fourth-order valence-electron chi connectivity index (χ4n) is 2.30. The van der Waals surface area contributed by atoms with E-state index >= 15 is 0 Å². The van der Waals surface area contributed by atoms with Crippen LogP contribution in [0.4, 0.5) is 5.69 Å². The van der Waals surface area contributed by atoms with Crippen LogP contribution in [0.25, 0.3) is 0 Å². The van der Waals surface area contributed by atoms with Crippen LogP contribution < -0.4 is 5.32 Å². The van der Waals surface area contributed by atoms with Crippen LogP contribution in [0.5, 0.6) is 0 Å². The van der Waals surface area contributed by atoms with Gasteiger partial charge in [-0.15, -0.1) is 10.2 Å². The van der Waals surface area contributed by atoms with E-state index < -0.39 is 11.4 Å². The predicted octanol–water partition coefficient (Wildman–Crippen LogP) is 2.84. The first-order valence-corrected chi connectivity index (χ1v) is 6.38. The molecule has 1 aliphatic rings. The van der Waals surface area contributed by atoms with Crippen molar-refractivity contribution in [1.82, 2.24) is 10.2 Å². The standard InChI is InChI=1S/C11H13Cl2N3O2/c1-11(10(17)18)4-2-3-7(11)14-6-5-8(12)15-16-9(6)13/h5,7H,2-4H2,1H3,(H,14,15)(H,17,18). The summed E-state index contributed by atoms with van der Waals surface area (Å²) in [5.74, 6) is -0.804. The number of nitrogens with one attached hydrogen (secondary N) is 1. The van der Waals surface area contributed by atoms with E-state index in [1.165, 1.54) is 0 Å². The molecule has 0 bridgehead atoms. The van der Waals surface area contributed by atoms with Crippen LogP contribution >= 0.6 is 23.2 Å². The second-order valence-electron chi connectivity index (χ2n) is 4.68. The summed E-state index contributed by atoms with van der Waals surface area (Å²) >= 11 is 11.7. The van der Waals surface area contributed by atoms with Crippen molar-refractivity contribution in [1.29, 1.82) is 0 Å². The van der Waals surface area contributed by atoms with Crippen molar-refractivity contribution in [3.8, 4) is 0 Å². The monoisotopic (exact) mass is 289 g/mol. The zero-order valence-electron chi connectivity index (χ0n) is 9.78. The molecule has 1 aliphatic carbocycles. The average Bonchev–Trinajstić information content (AvgIpc) is 2.67. The van der Waals surface area contributed by atoms with Gasteiger partial charge in [0.25, 0.3) is 0 Å². The second kappa shape index (κ2) is 4.90. The minimum atomic E-state index is -0.804. The second-order valence-corrected chi connectivity index (χ2v) is 5.43. The molecule has 1 saturated carbocycles. The molecular weight excluding hydrogens is 277 g/mol. The Bertz CT molecular complexity index is 483. The third-order valence-electron chi connectivity index (χ3n) is 3.50. The number of hydrogen-bond acceptors (Lipinski definition) is 4. The Hall–Kier alpha value is -1.07. The largest absolute Gasteiger partial charge is 0.481 e. The number of halogens is 2. The summed E-state index contributed by atoms with van der Waals surface area (Å²) in [6.45, 7) is 1.74. The van der Waals surface area contributed by atoms with E-state index in [0.717, 1.165) is 12.8 Å². The van der Waals surface area contributed by atoms with Gasteiger partial charge in [0.15, 0.2) is 10.3 Å². The Morgan fingerprint density at radius 1 is 1.56 bits per heavy atom. The van der Waals surface area contributed by atoms with E-state index in [1.807, 2.05) is 0 Å². The lowest BCUT2D eigenvalue weighted by Gasteiger charge is -2.28. The van der Waals surface area contributed by atoms with Crippen molar-refractivity contribution in [2.75, 3.05) is 5.32 Å². The summed E-state index contributed by atoms with van der Waals surface area (Å²) in [4.78, 5) is 11.3. The minimum Gasteiger partial charge on any atom is -0.481 e. The van der Waals surface area contributed by atoms with Gasteiger partial charge < -0.3 is 10.4 Å². The molecule has 2 unspecified atom stereocenters. The maximum atomic E-state index is 11.3. The highest BCUT2D eigenvalue weighted by Crippen LogP contribution is 2.40. The number of hydrogen-bond donors (Lipinski definition) is 2. The van der Waals surface area contributed by atoms with Crippen LogP contribution in [0.15, 0.2) is 6.07 Å². The van der Waals surface area contributed by atoms with Gasteiger partial charge in [-0.05, 0) is 19.8 Å². The number of carboxylic acid groups (broad SMARTS) is 1. The molecule has 7 heteroatoms. The van der Waals surface area contributed by atoms with Crippen molar-refractivity contribution in [3.05, 3.63) is 16.4 Å². The number of aliphatic carboxylic acids is 1. The van der Waals surface area contributed by atoms with E-state index in [2.05, 4.69) is 15.5 Å². The molecule has 18 heavy (non-hydrogen) atoms. The number of carboxylic acids is 1. The summed E-state index contributed by atoms with van der Waals surface area (Å²) in [6.07, 6.45) is 2.28. The fraction of sp³-hybridized carbons (Fsp3) is 0.545. The molecular formula is C11H13Cl2N3O2. The smallest absolute Gasteiger partial charge is 0.311 e. The van der Waals surface area contributed by atoms with Crippen LogP contribution in [0.2, 0.25) is 10.3 Å². The normalized spacial score (nSPS) is 27.2. The van der Waals surface area contributed by atoms with Crippen molar-refractivity contribution in [3.63, 3.8) is 0 Å². The highest BCUT2D eigenvalue weighted by Gasteiger charge is 2.45. The summed E-state index contributed by atoms with van der Waals surface area (Å²) in [7, 11) is 0. The molecule has 98 valence electrons. The number of carbonyl (C=O) groups is 1. The van der Waals surface area contributed by atoms with Gasteiger partial charge in [-0.1, -0.05) is 29.6 Å². The van der Waals surface area contributed by atoms with Crippen molar-refractivity contribution >= 4 is 34.9 Å². The molecule has 1 heterocycles. The molecule has 2 atom stereocenters. The highest BCUT2D eigenvalue weighted by atomic mass is 35.5. The van der Waals surface area contributed by atoms with Gasteiger partial charge in [-0.25, -0.2) is 0 Å². The van der Waals surface area contributed by atoms with Gasteiger partial charge in [0.05, 0.1) is 11.1 Å². The summed E-state index contributed by atoms with van der Waals surface area (Å²) < 4.78 is 0. The zero-order chi connectivity index (χ0) is 13.3. The SMILES string of the molecule is CC1(C(=O)O)CCCC1Nc1cc(Cl)nnc1Cl. The van der Waals surface area contributed by atoms with Crippen LogP contribution in [0.1, 0.15) is 26.2 Å². The molecule has 0 radical (unpaired) electrons. The fourth-order valence-corrected chi connectivity index (χ4v) is 2.59. The van der Waals surface area contributed by atoms with E-state index in [-0.39, 0.29) is 16.3 Å².